The largest absolute Gasteiger partial charge is 0.271 e. The van der Waals surface area contributed by atoms with Crippen LogP contribution in [-0.4, -0.2) is 9.91 Å². The fraction of sp³-hybridized carbons (Fsp3) is 0. The predicted molar refractivity (Wildman–Crippen MR) is 88.4 cm³/mol. The van der Waals surface area contributed by atoms with Gasteiger partial charge in [0.25, 0.3) is 5.69 Å². The number of fused-ring (bicyclic) bond motifs is 4. The predicted octanol–water partition coefficient (Wildman–Crippen LogP) is 5.10. The minimum Gasteiger partial charge on any atom is -0.258 e. The molecule has 4 aromatic rings. The van der Waals surface area contributed by atoms with Crippen molar-refractivity contribution in [3.63, 3.8) is 0 Å². The van der Waals surface area contributed by atoms with Crippen molar-refractivity contribution in [2.75, 3.05) is 0 Å². The molecule has 0 unspecified atom stereocenters. The van der Waals surface area contributed by atoms with Crippen LogP contribution < -0.4 is 0 Å². The number of nitro groups is 1. The van der Waals surface area contributed by atoms with E-state index >= 15 is 0 Å². The topological polar surface area (TPSA) is 56.0 Å². The van der Waals surface area contributed by atoms with Gasteiger partial charge in [0.05, 0.1) is 21.0 Å². The molecule has 4 rings (SSSR count). The van der Waals surface area contributed by atoms with E-state index in [1.54, 1.807) is 6.07 Å². The van der Waals surface area contributed by atoms with Gasteiger partial charge in [-0.2, -0.15) is 0 Å². The Hall–Kier alpha value is -2.72. The fourth-order valence-corrected chi connectivity index (χ4v) is 3.04. The monoisotopic (exact) mass is 308 g/mol. The van der Waals surface area contributed by atoms with Gasteiger partial charge in [-0.3, -0.25) is 10.1 Å². The summed E-state index contributed by atoms with van der Waals surface area (Å²) in [5, 5.41) is 15.1. The number of nitro benzene ring substituents is 1. The van der Waals surface area contributed by atoms with E-state index in [2.05, 4.69) is 4.98 Å². The van der Waals surface area contributed by atoms with Crippen molar-refractivity contribution in [3.8, 4) is 0 Å². The van der Waals surface area contributed by atoms with Crippen molar-refractivity contribution in [2.45, 2.75) is 0 Å². The fourth-order valence-electron chi connectivity index (χ4n) is 2.73. The van der Waals surface area contributed by atoms with Crippen LogP contribution in [0.1, 0.15) is 0 Å². The van der Waals surface area contributed by atoms with E-state index in [9.17, 15) is 10.1 Å². The van der Waals surface area contributed by atoms with Crippen LogP contribution in [0.3, 0.4) is 0 Å². The normalized spacial score (nSPS) is 11.3. The van der Waals surface area contributed by atoms with Crippen molar-refractivity contribution >= 4 is 49.9 Å². The summed E-state index contributed by atoms with van der Waals surface area (Å²) in [5.74, 6) is 0. The molecule has 0 atom stereocenters. The van der Waals surface area contributed by atoms with E-state index in [1.165, 1.54) is 12.1 Å². The molecule has 0 spiro atoms. The van der Waals surface area contributed by atoms with E-state index in [4.69, 9.17) is 11.6 Å². The quantitative estimate of drug-likeness (QED) is 0.213. The van der Waals surface area contributed by atoms with Crippen LogP contribution in [0.4, 0.5) is 5.69 Å². The summed E-state index contributed by atoms with van der Waals surface area (Å²) < 4.78 is 0. The van der Waals surface area contributed by atoms with Gasteiger partial charge >= 0.3 is 0 Å². The average molecular weight is 309 g/mol. The molecular formula is C17H9ClN2O2. The highest BCUT2D eigenvalue weighted by Crippen LogP contribution is 2.35. The third-order valence-corrected chi connectivity index (χ3v) is 4.21. The summed E-state index contributed by atoms with van der Waals surface area (Å²) in [6, 6.07) is 16.4. The maximum absolute atomic E-state index is 11.0. The first-order chi connectivity index (χ1) is 10.6. The van der Waals surface area contributed by atoms with Crippen LogP contribution in [-0.2, 0) is 0 Å². The second kappa shape index (κ2) is 4.64. The molecule has 0 saturated carbocycles. The van der Waals surface area contributed by atoms with Gasteiger partial charge in [0, 0.05) is 28.3 Å². The van der Waals surface area contributed by atoms with Crippen LogP contribution in [0, 0.1) is 10.1 Å². The summed E-state index contributed by atoms with van der Waals surface area (Å²) in [6.45, 7) is 0. The highest BCUT2D eigenvalue weighted by molar-refractivity contribution is 6.41. The first kappa shape index (κ1) is 13.0. The highest BCUT2D eigenvalue weighted by Gasteiger charge is 2.13. The highest BCUT2D eigenvalue weighted by atomic mass is 35.5. The number of hydrogen-bond donors (Lipinski definition) is 0. The Labute approximate surface area is 130 Å². The second-order valence-corrected chi connectivity index (χ2v) is 5.45. The molecule has 3 aromatic carbocycles. The van der Waals surface area contributed by atoms with Crippen LogP contribution in [0.5, 0.6) is 0 Å². The molecule has 4 nitrogen and oxygen atoms in total. The lowest BCUT2D eigenvalue weighted by atomic mass is 10.0. The van der Waals surface area contributed by atoms with Crippen molar-refractivity contribution < 1.29 is 4.92 Å². The SMILES string of the molecule is O=[N+]([O-])c1ccc2c(Cl)c3ccc4ccccc4c3nc2c1. The summed E-state index contributed by atoms with van der Waals surface area (Å²) in [6.07, 6.45) is 0. The van der Waals surface area contributed by atoms with Gasteiger partial charge in [-0.15, -0.1) is 0 Å². The molecule has 0 aliphatic heterocycles. The lowest BCUT2D eigenvalue weighted by molar-refractivity contribution is -0.384. The van der Waals surface area contributed by atoms with Crippen molar-refractivity contribution in [1.29, 1.82) is 0 Å². The van der Waals surface area contributed by atoms with Gasteiger partial charge < -0.3 is 0 Å². The molecule has 1 aromatic heterocycles. The van der Waals surface area contributed by atoms with Crippen LogP contribution >= 0.6 is 11.6 Å². The smallest absolute Gasteiger partial charge is 0.258 e. The molecule has 0 radical (unpaired) electrons. The van der Waals surface area contributed by atoms with Gasteiger partial charge in [-0.05, 0) is 11.5 Å². The minimum absolute atomic E-state index is 0.00986. The van der Waals surface area contributed by atoms with E-state index < -0.39 is 4.92 Å². The molecular weight excluding hydrogens is 300 g/mol. The lowest BCUT2D eigenvalue weighted by Crippen LogP contribution is -1.90. The Bertz CT molecular complexity index is 1080. The molecule has 22 heavy (non-hydrogen) atoms. The van der Waals surface area contributed by atoms with Crippen molar-refractivity contribution in [2.24, 2.45) is 0 Å². The molecule has 0 saturated heterocycles. The Kier molecular flexibility index (Phi) is 2.74. The number of non-ortho nitro benzene ring substituents is 1. The first-order valence-electron chi connectivity index (χ1n) is 6.70. The van der Waals surface area contributed by atoms with Gasteiger partial charge in [0.15, 0.2) is 0 Å². The zero-order valence-corrected chi connectivity index (χ0v) is 12.0. The number of pyridine rings is 1. The number of nitrogens with zero attached hydrogens (tertiary/aromatic N) is 2. The van der Waals surface area contributed by atoms with Gasteiger partial charge in [-0.25, -0.2) is 4.98 Å². The molecule has 5 heteroatoms. The van der Waals surface area contributed by atoms with Gasteiger partial charge in [-0.1, -0.05) is 48.0 Å². The molecule has 0 N–H and O–H groups in total. The van der Waals surface area contributed by atoms with Crippen molar-refractivity contribution in [1.82, 2.24) is 4.98 Å². The molecule has 1 heterocycles. The maximum Gasteiger partial charge on any atom is 0.271 e. The Morgan fingerprint density at radius 2 is 1.73 bits per heavy atom. The zero-order valence-electron chi connectivity index (χ0n) is 11.3. The number of hydrogen-bond acceptors (Lipinski definition) is 3. The summed E-state index contributed by atoms with van der Waals surface area (Å²) in [4.78, 5) is 15.1. The summed E-state index contributed by atoms with van der Waals surface area (Å²) in [5.41, 5.74) is 1.30. The average Bonchev–Trinajstić information content (AvgIpc) is 2.54. The number of halogens is 1. The van der Waals surface area contributed by atoms with E-state index in [0.717, 1.165) is 27.1 Å². The van der Waals surface area contributed by atoms with Crippen LogP contribution in [0.25, 0.3) is 32.6 Å². The third-order valence-electron chi connectivity index (χ3n) is 3.80. The molecule has 0 aliphatic rings. The maximum atomic E-state index is 11.0. The van der Waals surface area contributed by atoms with Gasteiger partial charge in [0.2, 0.25) is 0 Å². The van der Waals surface area contributed by atoms with E-state index in [1.807, 2.05) is 36.4 Å². The second-order valence-electron chi connectivity index (χ2n) is 5.07. The Morgan fingerprint density at radius 1 is 0.955 bits per heavy atom. The summed E-state index contributed by atoms with van der Waals surface area (Å²) >= 11 is 6.50. The summed E-state index contributed by atoms with van der Waals surface area (Å²) in [7, 11) is 0. The van der Waals surface area contributed by atoms with Gasteiger partial charge in [0.1, 0.15) is 0 Å². The Morgan fingerprint density at radius 3 is 2.55 bits per heavy atom. The number of rotatable bonds is 1. The van der Waals surface area contributed by atoms with Crippen LogP contribution in [0.2, 0.25) is 5.02 Å². The number of benzene rings is 3. The standard InChI is InChI=1S/C17H9ClN2O2/c18-16-13-8-6-11(20(21)22)9-15(13)19-17-12-4-2-1-3-10(12)5-7-14(16)17/h1-9H. The molecule has 0 aliphatic carbocycles. The molecule has 0 fully saturated rings. The third kappa shape index (κ3) is 1.81. The van der Waals surface area contributed by atoms with Crippen molar-refractivity contribution in [3.05, 3.63) is 69.7 Å². The van der Waals surface area contributed by atoms with E-state index in [0.29, 0.717) is 10.5 Å². The Balaban J connectivity index is 2.20. The minimum atomic E-state index is -0.428. The number of aromatic nitrogens is 1. The lowest BCUT2D eigenvalue weighted by Gasteiger charge is -2.08. The molecule has 0 bridgehead atoms. The van der Waals surface area contributed by atoms with E-state index in [-0.39, 0.29) is 5.69 Å². The molecule has 106 valence electrons. The van der Waals surface area contributed by atoms with Crippen LogP contribution in [0.15, 0.2) is 54.6 Å². The first-order valence-corrected chi connectivity index (χ1v) is 7.08. The zero-order chi connectivity index (χ0) is 15.3. The molecule has 0 amide bonds.